The first-order valence-electron chi connectivity index (χ1n) is 12.6. The molecule has 2 amide bonds. The lowest BCUT2D eigenvalue weighted by atomic mass is 10.0. The molecule has 0 aliphatic carbocycles. The third-order valence-electron chi connectivity index (χ3n) is 6.42. The number of carbonyl (C=O) groups excluding carboxylic acids is 2. The number of likely N-dealkylation sites (N-methyl/N-ethyl adjacent to an activating group) is 1. The van der Waals surface area contributed by atoms with Crippen LogP contribution in [0.1, 0.15) is 31.4 Å². The van der Waals surface area contributed by atoms with Crippen LogP contribution in [0.3, 0.4) is 0 Å². The molecule has 3 rings (SSSR count). The van der Waals surface area contributed by atoms with Gasteiger partial charge < -0.3 is 10.2 Å². The molecule has 39 heavy (non-hydrogen) atoms. The number of benzene rings is 3. The number of hydrogen-bond donors (Lipinski definition) is 1. The van der Waals surface area contributed by atoms with E-state index in [2.05, 4.69) is 5.32 Å². The first kappa shape index (κ1) is 30.6. The zero-order valence-electron chi connectivity index (χ0n) is 22.2. The molecule has 7 nitrogen and oxygen atoms in total. The Kier molecular flexibility index (Phi) is 10.9. The number of nitrogens with zero attached hydrogens (tertiary/aromatic N) is 2. The van der Waals surface area contributed by atoms with Crippen LogP contribution in [-0.4, -0.2) is 55.1 Å². The fraction of sp³-hybridized carbons (Fsp3) is 0.310. The summed E-state index contributed by atoms with van der Waals surface area (Å²) < 4.78 is 27.4. The molecule has 0 bridgehead atoms. The number of hydrogen-bond acceptors (Lipinski definition) is 4. The van der Waals surface area contributed by atoms with Crippen molar-refractivity contribution in [3.63, 3.8) is 0 Å². The average Bonchev–Trinajstić information content (AvgIpc) is 2.92. The van der Waals surface area contributed by atoms with Gasteiger partial charge in [0.15, 0.2) is 0 Å². The van der Waals surface area contributed by atoms with Crippen LogP contribution in [-0.2, 0) is 32.6 Å². The molecular formula is C29H33Cl2N3O4S. The third kappa shape index (κ3) is 8.54. The standard InChI is InChI=1S/C29H33Cl2N3O4S/c1-4-21(2)32-29(36)27(18-22-8-6-5-7-9-22)34(19-23-10-12-24(30)13-11-23)28(35)20-33(3)39(37,38)26-16-14-25(31)15-17-26/h5-17,21,27H,4,18-20H2,1-3H3,(H,32,36)/t21-,27+/m1/s1. The minimum absolute atomic E-state index is 0.0156. The monoisotopic (exact) mass is 589 g/mol. The molecular weight excluding hydrogens is 557 g/mol. The summed E-state index contributed by atoms with van der Waals surface area (Å²) in [5.41, 5.74) is 1.63. The molecule has 0 aromatic heterocycles. The lowest BCUT2D eigenvalue weighted by Gasteiger charge is -2.33. The summed E-state index contributed by atoms with van der Waals surface area (Å²) in [5.74, 6) is -0.816. The van der Waals surface area contributed by atoms with E-state index in [0.717, 1.165) is 21.9 Å². The van der Waals surface area contributed by atoms with Gasteiger partial charge in [0.05, 0.1) is 11.4 Å². The van der Waals surface area contributed by atoms with E-state index in [1.807, 2.05) is 44.2 Å². The minimum atomic E-state index is -3.98. The molecule has 0 radical (unpaired) electrons. The van der Waals surface area contributed by atoms with Crippen molar-refractivity contribution in [3.05, 3.63) is 100 Å². The Morgan fingerprint density at radius 3 is 2.00 bits per heavy atom. The lowest BCUT2D eigenvalue weighted by Crippen LogP contribution is -2.54. The molecule has 10 heteroatoms. The number of amides is 2. The molecule has 2 atom stereocenters. The van der Waals surface area contributed by atoms with E-state index in [1.54, 1.807) is 24.3 Å². The Morgan fingerprint density at radius 2 is 1.44 bits per heavy atom. The number of rotatable bonds is 12. The Balaban J connectivity index is 1.97. The van der Waals surface area contributed by atoms with E-state index in [-0.39, 0.29) is 29.8 Å². The second-order valence-corrected chi connectivity index (χ2v) is 12.3. The summed E-state index contributed by atoms with van der Waals surface area (Å²) in [5, 5.41) is 3.94. The van der Waals surface area contributed by atoms with Gasteiger partial charge in [0.2, 0.25) is 21.8 Å². The minimum Gasteiger partial charge on any atom is -0.352 e. The molecule has 0 saturated carbocycles. The van der Waals surface area contributed by atoms with Crippen molar-refractivity contribution in [2.24, 2.45) is 0 Å². The molecule has 1 N–H and O–H groups in total. The number of carbonyl (C=O) groups is 2. The van der Waals surface area contributed by atoms with Crippen LogP contribution in [0.2, 0.25) is 10.0 Å². The van der Waals surface area contributed by atoms with Gasteiger partial charge >= 0.3 is 0 Å². The van der Waals surface area contributed by atoms with Gasteiger partial charge in [0, 0.05) is 36.1 Å². The summed E-state index contributed by atoms with van der Waals surface area (Å²) in [4.78, 5) is 28.9. The fourth-order valence-corrected chi connectivity index (χ4v) is 5.31. The molecule has 0 heterocycles. The molecule has 0 saturated heterocycles. The van der Waals surface area contributed by atoms with Crippen LogP contribution < -0.4 is 5.32 Å². The molecule has 0 spiro atoms. The Bertz CT molecular complexity index is 1350. The number of nitrogens with one attached hydrogen (secondary N) is 1. The van der Waals surface area contributed by atoms with Crippen molar-refractivity contribution in [1.82, 2.24) is 14.5 Å². The molecule has 0 aliphatic heterocycles. The lowest BCUT2D eigenvalue weighted by molar-refractivity contribution is -0.141. The first-order chi connectivity index (χ1) is 18.5. The van der Waals surface area contributed by atoms with E-state index in [4.69, 9.17) is 23.2 Å². The predicted molar refractivity (Wildman–Crippen MR) is 155 cm³/mol. The van der Waals surface area contributed by atoms with Gasteiger partial charge in [-0.15, -0.1) is 0 Å². The highest BCUT2D eigenvalue weighted by Crippen LogP contribution is 2.20. The van der Waals surface area contributed by atoms with Crippen molar-refractivity contribution < 1.29 is 18.0 Å². The number of halogens is 2. The van der Waals surface area contributed by atoms with Gasteiger partial charge in [-0.2, -0.15) is 4.31 Å². The smallest absolute Gasteiger partial charge is 0.243 e. The van der Waals surface area contributed by atoms with E-state index >= 15 is 0 Å². The Morgan fingerprint density at radius 1 is 0.872 bits per heavy atom. The van der Waals surface area contributed by atoms with Crippen LogP contribution >= 0.6 is 23.2 Å². The van der Waals surface area contributed by atoms with Crippen molar-refractivity contribution >= 4 is 45.0 Å². The highest BCUT2D eigenvalue weighted by molar-refractivity contribution is 7.89. The summed E-state index contributed by atoms with van der Waals surface area (Å²) in [6.07, 6.45) is 0.979. The van der Waals surface area contributed by atoms with E-state index in [1.165, 1.54) is 36.2 Å². The van der Waals surface area contributed by atoms with Crippen molar-refractivity contribution in [2.45, 2.75) is 50.2 Å². The van der Waals surface area contributed by atoms with Crippen LogP contribution in [0.5, 0.6) is 0 Å². The summed E-state index contributed by atoms with van der Waals surface area (Å²) in [6.45, 7) is 3.50. The summed E-state index contributed by atoms with van der Waals surface area (Å²) in [7, 11) is -2.64. The van der Waals surface area contributed by atoms with Gasteiger partial charge in [0.1, 0.15) is 6.04 Å². The van der Waals surface area contributed by atoms with Crippen molar-refractivity contribution in [1.29, 1.82) is 0 Å². The number of sulfonamides is 1. The summed E-state index contributed by atoms with van der Waals surface area (Å²) >= 11 is 12.0. The largest absolute Gasteiger partial charge is 0.352 e. The van der Waals surface area contributed by atoms with E-state index in [9.17, 15) is 18.0 Å². The highest BCUT2D eigenvalue weighted by Gasteiger charge is 2.33. The quantitative estimate of drug-likeness (QED) is 0.316. The molecule has 208 valence electrons. The Labute approximate surface area is 240 Å². The zero-order chi connectivity index (χ0) is 28.6. The summed E-state index contributed by atoms with van der Waals surface area (Å²) in [6, 6.07) is 21.2. The topological polar surface area (TPSA) is 86.8 Å². The van der Waals surface area contributed by atoms with Gasteiger partial charge in [-0.3, -0.25) is 9.59 Å². The van der Waals surface area contributed by atoms with Crippen molar-refractivity contribution in [3.8, 4) is 0 Å². The maximum Gasteiger partial charge on any atom is 0.243 e. The van der Waals surface area contributed by atoms with Crippen LogP contribution in [0.25, 0.3) is 0 Å². The molecule has 0 fully saturated rings. The molecule has 3 aromatic rings. The van der Waals surface area contributed by atoms with Crippen LogP contribution in [0.15, 0.2) is 83.8 Å². The Hall–Kier alpha value is -2.91. The van der Waals surface area contributed by atoms with Crippen LogP contribution in [0, 0.1) is 0 Å². The third-order valence-corrected chi connectivity index (χ3v) is 8.74. The van der Waals surface area contributed by atoms with E-state index in [0.29, 0.717) is 10.0 Å². The molecule has 0 aliphatic rings. The van der Waals surface area contributed by atoms with Gasteiger partial charge in [-0.1, -0.05) is 72.6 Å². The predicted octanol–water partition coefficient (Wildman–Crippen LogP) is 5.17. The molecule has 0 unspecified atom stereocenters. The second-order valence-electron chi connectivity index (χ2n) is 9.39. The maximum atomic E-state index is 13.8. The maximum absolute atomic E-state index is 13.8. The van der Waals surface area contributed by atoms with Crippen LogP contribution in [0.4, 0.5) is 0 Å². The van der Waals surface area contributed by atoms with E-state index < -0.39 is 28.5 Å². The SMILES string of the molecule is CC[C@@H](C)NC(=O)[C@H](Cc1ccccc1)N(Cc1ccc(Cl)cc1)C(=O)CN(C)S(=O)(=O)c1ccc(Cl)cc1. The van der Waals surface area contributed by atoms with Gasteiger partial charge in [0.25, 0.3) is 0 Å². The second kappa shape index (κ2) is 13.9. The van der Waals surface area contributed by atoms with Crippen molar-refractivity contribution in [2.75, 3.05) is 13.6 Å². The zero-order valence-corrected chi connectivity index (χ0v) is 24.5. The fourth-order valence-electron chi connectivity index (χ4n) is 3.93. The molecule has 3 aromatic carbocycles. The van der Waals surface area contributed by atoms with Gasteiger partial charge in [-0.25, -0.2) is 8.42 Å². The normalized spacial score (nSPS) is 13.1. The average molecular weight is 591 g/mol. The van der Waals surface area contributed by atoms with Gasteiger partial charge in [-0.05, 0) is 60.9 Å². The highest BCUT2D eigenvalue weighted by atomic mass is 35.5. The first-order valence-corrected chi connectivity index (χ1v) is 14.8.